The summed E-state index contributed by atoms with van der Waals surface area (Å²) >= 11 is 0. The third-order valence-electron chi connectivity index (χ3n) is 5.63. The molecule has 1 heterocycles. The fourth-order valence-electron chi connectivity index (χ4n) is 4.31. The number of hydrogen-bond donors (Lipinski definition) is 1. The van der Waals surface area contributed by atoms with Crippen molar-refractivity contribution < 1.29 is 19.2 Å². The van der Waals surface area contributed by atoms with Crippen LogP contribution < -0.4 is 10.1 Å². The molecule has 1 aliphatic heterocycles. The van der Waals surface area contributed by atoms with Crippen molar-refractivity contribution in [1.29, 1.82) is 0 Å². The largest absolute Gasteiger partial charge is 0.490 e. The smallest absolute Gasteiger partial charge is 0.338 e. The zero-order valence-electron chi connectivity index (χ0n) is 16.3. The molecule has 0 spiro atoms. The minimum Gasteiger partial charge on any atom is -0.490 e. The molecule has 0 aromatic heterocycles. The van der Waals surface area contributed by atoms with Crippen LogP contribution in [0.3, 0.4) is 0 Å². The Morgan fingerprint density at radius 1 is 1.28 bits per heavy atom. The molecule has 4 rings (SSSR count). The van der Waals surface area contributed by atoms with E-state index in [1.807, 2.05) is 18.2 Å². The molecule has 2 aromatic carbocycles. The van der Waals surface area contributed by atoms with Crippen LogP contribution in [0.15, 0.2) is 48.6 Å². The van der Waals surface area contributed by atoms with Gasteiger partial charge in [-0.15, -0.1) is 0 Å². The van der Waals surface area contributed by atoms with Crippen molar-refractivity contribution in [3.05, 3.63) is 75.4 Å². The molecule has 0 fully saturated rings. The van der Waals surface area contributed by atoms with Crippen LogP contribution in [0, 0.1) is 16.0 Å². The van der Waals surface area contributed by atoms with Crippen molar-refractivity contribution in [2.45, 2.75) is 25.3 Å². The number of fused-ring (bicyclic) bond motifs is 3. The van der Waals surface area contributed by atoms with Gasteiger partial charge in [-0.2, -0.15) is 0 Å². The van der Waals surface area contributed by atoms with E-state index < -0.39 is 4.92 Å². The first-order chi connectivity index (χ1) is 14.0. The zero-order valence-corrected chi connectivity index (χ0v) is 16.3. The van der Waals surface area contributed by atoms with Gasteiger partial charge < -0.3 is 14.8 Å². The molecule has 0 saturated carbocycles. The minimum absolute atomic E-state index is 0.0437. The molecule has 0 saturated heterocycles. The number of allylic oxidation sites excluding steroid dienone is 2. The summed E-state index contributed by atoms with van der Waals surface area (Å²) in [5.74, 6) is 0.247. The van der Waals surface area contributed by atoms with Crippen molar-refractivity contribution in [3.8, 4) is 5.75 Å². The Morgan fingerprint density at radius 3 is 2.83 bits per heavy atom. The molecule has 7 heteroatoms. The quantitative estimate of drug-likeness (QED) is 0.345. The van der Waals surface area contributed by atoms with Gasteiger partial charge in [0.1, 0.15) is 0 Å². The third kappa shape index (κ3) is 3.33. The predicted molar refractivity (Wildman–Crippen MR) is 108 cm³/mol. The Hall–Kier alpha value is -3.35. The van der Waals surface area contributed by atoms with Gasteiger partial charge in [0.2, 0.25) is 0 Å². The number of ether oxygens (including phenoxy) is 2. The maximum Gasteiger partial charge on any atom is 0.338 e. The normalized spacial score (nSPS) is 21.7. The number of nitrogens with one attached hydrogen (secondary N) is 1. The Labute approximate surface area is 168 Å². The van der Waals surface area contributed by atoms with Crippen molar-refractivity contribution >= 4 is 17.3 Å². The summed E-state index contributed by atoms with van der Waals surface area (Å²) in [7, 11) is 1.43. The molecule has 0 unspecified atom stereocenters. The van der Waals surface area contributed by atoms with Gasteiger partial charge in [0.25, 0.3) is 0 Å². The molecule has 2 aliphatic rings. The Morgan fingerprint density at radius 2 is 2.10 bits per heavy atom. The van der Waals surface area contributed by atoms with E-state index in [0.29, 0.717) is 12.2 Å². The highest BCUT2D eigenvalue weighted by atomic mass is 16.6. The second-order valence-electron chi connectivity index (χ2n) is 7.19. The fraction of sp³-hybridized carbons (Fsp3) is 0.318. The average molecular weight is 394 g/mol. The molecule has 29 heavy (non-hydrogen) atoms. The SMILES string of the molecule is CCOC(=O)c1ccc2c(c1)[C@H]1C=CC[C@@H]1[C@H](c1ccc(OC)c([N+](=O)[O-])c1)N2. The first-order valence-corrected chi connectivity index (χ1v) is 9.60. The maximum absolute atomic E-state index is 12.1. The van der Waals surface area contributed by atoms with Crippen LogP contribution in [0.5, 0.6) is 5.75 Å². The molecule has 3 atom stereocenters. The van der Waals surface area contributed by atoms with E-state index in [-0.39, 0.29) is 35.3 Å². The van der Waals surface area contributed by atoms with Crippen LogP contribution in [0.4, 0.5) is 11.4 Å². The second-order valence-corrected chi connectivity index (χ2v) is 7.19. The monoisotopic (exact) mass is 394 g/mol. The highest BCUT2D eigenvalue weighted by Gasteiger charge is 2.39. The molecule has 1 N–H and O–H groups in total. The summed E-state index contributed by atoms with van der Waals surface area (Å²) in [6.07, 6.45) is 5.14. The van der Waals surface area contributed by atoms with Gasteiger partial charge in [-0.3, -0.25) is 10.1 Å². The minimum atomic E-state index is -0.422. The van der Waals surface area contributed by atoms with Gasteiger partial charge >= 0.3 is 11.7 Å². The highest BCUT2D eigenvalue weighted by molar-refractivity contribution is 5.90. The average Bonchev–Trinajstić information content (AvgIpc) is 3.22. The molecule has 2 aromatic rings. The van der Waals surface area contributed by atoms with Gasteiger partial charge in [0.15, 0.2) is 5.75 Å². The summed E-state index contributed by atoms with van der Waals surface area (Å²) in [6.45, 7) is 2.12. The maximum atomic E-state index is 12.1. The van der Waals surface area contributed by atoms with Crippen LogP contribution in [0.2, 0.25) is 0 Å². The summed E-state index contributed by atoms with van der Waals surface area (Å²) < 4.78 is 10.3. The molecular formula is C22H22N2O5. The number of benzene rings is 2. The standard InChI is InChI=1S/C22H22N2O5/c1-3-29-22(25)14-7-9-18-17(11-14)15-5-4-6-16(15)21(23-18)13-8-10-20(28-2)19(12-13)24(26)27/h4-5,7-12,15-16,21,23H,3,6H2,1-2H3/t15-,16-,21-/m0/s1. The molecule has 1 aliphatic carbocycles. The number of nitro groups is 1. The van der Waals surface area contributed by atoms with Crippen molar-refractivity contribution in [1.82, 2.24) is 0 Å². The number of anilines is 1. The fourth-order valence-corrected chi connectivity index (χ4v) is 4.31. The van der Waals surface area contributed by atoms with E-state index in [0.717, 1.165) is 23.2 Å². The third-order valence-corrected chi connectivity index (χ3v) is 5.63. The highest BCUT2D eigenvalue weighted by Crippen LogP contribution is 2.50. The summed E-state index contributed by atoms with van der Waals surface area (Å²) in [6, 6.07) is 10.5. The zero-order chi connectivity index (χ0) is 20.5. The molecular weight excluding hydrogens is 372 g/mol. The van der Waals surface area contributed by atoms with E-state index in [9.17, 15) is 14.9 Å². The lowest BCUT2D eigenvalue weighted by atomic mass is 9.76. The molecule has 7 nitrogen and oxygen atoms in total. The van der Waals surface area contributed by atoms with Gasteiger partial charge in [-0.1, -0.05) is 18.2 Å². The number of nitrogens with zero attached hydrogens (tertiary/aromatic N) is 1. The number of nitro benzene ring substituents is 1. The summed E-state index contributed by atoms with van der Waals surface area (Å²) in [4.78, 5) is 23.2. The van der Waals surface area contributed by atoms with Crippen LogP contribution in [0.1, 0.15) is 46.8 Å². The van der Waals surface area contributed by atoms with E-state index in [1.54, 1.807) is 25.1 Å². The Bertz CT molecular complexity index is 1000. The van der Waals surface area contributed by atoms with Crippen molar-refractivity contribution in [3.63, 3.8) is 0 Å². The van der Waals surface area contributed by atoms with Gasteiger partial charge in [0.05, 0.1) is 30.2 Å². The van der Waals surface area contributed by atoms with Crippen LogP contribution in [-0.4, -0.2) is 24.6 Å². The number of methoxy groups -OCH3 is 1. The van der Waals surface area contributed by atoms with Crippen LogP contribution >= 0.6 is 0 Å². The predicted octanol–water partition coefficient (Wildman–Crippen LogP) is 4.61. The Kier molecular flexibility index (Phi) is 4.96. The lowest BCUT2D eigenvalue weighted by molar-refractivity contribution is -0.385. The second kappa shape index (κ2) is 7.58. The number of esters is 1. The summed E-state index contributed by atoms with van der Waals surface area (Å²) in [5.41, 5.74) is 3.31. The van der Waals surface area contributed by atoms with Gasteiger partial charge in [-0.25, -0.2) is 4.79 Å². The molecule has 0 amide bonds. The Balaban J connectivity index is 1.72. The number of carbonyl (C=O) groups excluding carboxylic acids is 1. The van der Waals surface area contributed by atoms with Crippen LogP contribution in [-0.2, 0) is 4.74 Å². The first-order valence-electron chi connectivity index (χ1n) is 9.60. The van der Waals surface area contributed by atoms with E-state index in [1.165, 1.54) is 7.11 Å². The summed E-state index contributed by atoms with van der Waals surface area (Å²) in [5, 5.41) is 15.0. The van der Waals surface area contributed by atoms with Crippen molar-refractivity contribution in [2.75, 3.05) is 19.0 Å². The number of hydrogen-bond acceptors (Lipinski definition) is 6. The van der Waals surface area contributed by atoms with E-state index in [4.69, 9.17) is 9.47 Å². The van der Waals surface area contributed by atoms with Crippen molar-refractivity contribution in [2.24, 2.45) is 5.92 Å². The number of carbonyl (C=O) groups is 1. The topological polar surface area (TPSA) is 90.7 Å². The first kappa shape index (κ1) is 19.0. The van der Waals surface area contributed by atoms with Gasteiger partial charge in [-0.05, 0) is 54.7 Å². The molecule has 0 radical (unpaired) electrons. The molecule has 150 valence electrons. The van der Waals surface area contributed by atoms with Gasteiger partial charge in [0, 0.05) is 17.7 Å². The lowest BCUT2D eigenvalue weighted by Gasteiger charge is -2.37. The number of rotatable bonds is 5. The molecule has 0 bridgehead atoms. The lowest BCUT2D eigenvalue weighted by Crippen LogP contribution is -2.29. The van der Waals surface area contributed by atoms with E-state index in [2.05, 4.69) is 17.5 Å². The van der Waals surface area contributed by atoms with Crippen LogP contribution in [0.25, 0.3) is 0 Å². The van der Waals surface area contributed by atoms with E-state index >= 15 is 0 Å².